The zero-order valence-electron chi connectivity index (χ0n) is 11.8. The third kappa shape index (κ3) is 3.49. The van der Waals surface area contributed by atoms with E-state index in [-0.39, 0.29) is 0 Å². The summed E-state index contributed by atoms with van der Waals surface area (Å²) in [6.07, 6.45) is 0. The average molecular weight is 331 g/mol. The Balaban J connectivity index is 1.91. The first-order valence-corrected chi connectivity index (χ1v) is 7.05. The van der Waals surface area contributed by atoms with Gasteiger partial charge < -0.3 is 14.4 Å². The molecule has 6 nitrogen and oxygen atoms in total. The second kappa shape index (κ2) is 6.50. The largest absolute Gasteiger partial charge is 0.481 e. The monoisotopic (exact) mass is 330 g/mol. The highest BCUT2D eigenvalue weighted by Gasteiger charge is 2.15. The molecule has 7 heteroatoms. The van der Waals surface area contributed by atoms with Gasteiger partial charge in [0.2, 0.25) is 5.82 Å². The van der Waals surface area contributed by atoms with Crippen molar-refractivity contribution in [1.29, 1.82) is 0 Å². The number of carbonyl (C=O) groups is 1. The van der Waals surface area contributed by atoms with Crippen molar-refractivity contribution in [2.45, 2.75) is 0 Å². The first kappa shape index (κ1) is 15.1. The molecule has 116 valence electrons. The maximum atomic E-state index is 10.7. The summed E-state index contributed by atoms with van der Waals surface area (Å²) in [5.74, 6) is -0.0335. The van der Waals surface area contributed by atoms with E-state index in [9.17, 15) is 4.79 Å². The Morgan fingerprint density at radius 1 is 1.17 bits per heavy atom. The Morgan fingerprint density at radius 3 is 2.65 bits per heavy atom. The van der Waals surface area contributed by atoms with E-state index < -0.39 is 12.6 Å². The Labute approximate surface area is 136 Å². The predicted molar refractivity (Wildman–Crippen MR) is 83.3 cm³/mol. The fraction of sp³-hybridized carbons (Fsp3) is 0.0625. The van der Waals surface area contributed by atoms with E-state index in [0.717, 1.165) is 5.56 Å². The highest BCUT2D eigenvalue weighted by molar-refractivity contribution is 6.30. The molecular formula is C16H11ClN2O4. The van der Waals surface area contributed by atoms with Crippen LogP contribution in [0.4, 0.5) is 0 Å². The smallest absolute Gasteiger partial charge is 0.341 e. The lowest BCUT2D eigenvalue weighted by atomic mass is 10.2. The molecule has 0 atom stereocenters. The van der Waals surface area contributed by atoms with Crippen molar-refractivity contribution in [3.05, 3.63) is 53.6 Å². The number of ether oxygens (including phenoxy) is 1. The summed E-state index contributed by atoms with van der Waals surface area (Å²) in [6, 6.07) is 13.9. The molecule has 0 aliphatic heterocycles. The standard InChI is InChI=1S/C16H11ClN2O4/c17-11-7-5-10(6-8-11)16-18-15(19-23-16)12-3-1-2-4-13(12)22-9-14(20)21/h1-8H,9H2,(H,20,21). The number of rotatable bonds is 5. The number of carboxylic acids is 1. The SMILES string of the molecule is O=C(O)COc1ccccc1-c1noc(-c2ccc(Cl)cc2)n1. The number of halogens is 1. The van der Waals surface area contributed by atoms with Gasteiger partial charge >= 0.3 is 5.97 Å². The van der Waals surface area contributed by atoms with Gasteiger partial charge in [0.15, 0.2) is 6.61 Å². The molecule has 2 aromatic carbocycles. The number of hydrogen-bond acceptors (Lipinski definition) is 5. The molecule has 0 aliphatic carbocycles. The van der Waals surface area contributed by atoms with Gasteiger partial charge in [0.05, 0.1) is 5.56 Å². The quantitative estimate of drug-likeness (QED) is 0.770. The van der Waals surface area contributed by atoms with Crippen LogP contribution < -0.4 is 4.74 Å². The number of para-hydroxylation sites is 1. The molecular weight excluding hydrogens is 320 g/mol. The predicted octanol–water partition coefficient (Wildman–Crippen LogP) is 3.52. The van der Waals surface area contributed by atoms with Gasteiger partial charge in [0, 0.05) is 10.6 Å². The van der Waals surface area contributed by atoms with Gasteiger partial charge in [-0.25, -0.2) is 4.79 Å². The Kier molecular flexibility index (Phi) is 4.25. The number of nitrogens with zero attached hydrogens (tertiary/aromatic N) is 2. The Morgan fingerprint density at radius 2 is 1.91 bits per heavy atom. The summed E-state index contributed by atoms with van der Waals surface area (Å²) in [6.45, 7) is -0.446. The third-order valence-corrected chi connectivity index (χ3v) is 3.25. The summed E-state index contributed by atoms with van der Waals surface area (Å²) >= 11 is 5.85. The fourth-order valence-electron chi connectivity index (χ4n) is 1.96. The molecule has 0 bridgehead atoms. The summed E-state index contributed by atoms with van der Waals surface area (Å²) in [7, 11) is 0. The number of benzene rings is 2. The van der Waals surface area contributed by atoms with Crippen LogP contribution in [-0.4, -0.2) is 27.8 Å². The summed E-state index contributed by atoms with van der Waals surface area (Å²) in [5.41, 5.74) is 1.29. The topological polar surface area (TPSA) is 85.5 Å². The van der Waals surface area contributed by atoms with E-state index in [2.05, 4.69) is 10.1 Å². The molecule has 0 saturated heterocycles. The number of aromatic nitrogens is 2. The minimum atomic E-state index is -1.06. The molecule has 0 spiro atoms. The van der Waals surface area contributed by atoms with Gasteiger partial charge in [-0.1, -0.05) is 28.9 Å². The van der Waals surface area contributed by atoms with Crippen molar-refractivity contribution in [2.24, 2.45) is 0 Å². The Hall–Kier alpha value is -2.86. The van der Waals surface area contributed by atoms with Gasteiger partial charge in [-0.15, -0.1) is 0 Å². The Bertz CT molecular complexity index is 830. The maximum Gasteiger partial charge on any atom is 0.341 e. The van der Waals surface area contributed by atoms with Gasteiger partial charge in [-0.05, 0) is 36.4 Å². The highest BCUT2D eigenvalue weighted by Crippen LogP contribution is 2.29. The van der Waals surface area contributed by atoms with Crippen molar-refractivity contribution >= 4 is 17.6 Å². The second-order valence-electron chi connectivity index (χ2n) is 4.61. The van der Waals surface area contributed by atoms with Gasteiger partial charge in [-0.3, -0.25) is 0 Å². The molecule has 3 aromatic rings. The van der Waals surface area contributed by atoms with E-state index in [1.807, 2.05) is 0 Å². The van der Waals surface area contributed by atoms with Crippen molar-refractivity contribution in [3.63, 3.8) is 0 Å². The molecule has 1 aromatic heterocycles. The van der Waals surface area contributed by atoms with E-state index in [1.165, 1.54) is 0 Å². The highest BCUT2D eigenvalue weighted by atomic mass is 35.5. The molecule has 1 N–H and O–H groups in total. The van der Waals surface area contributed by atoms with Crippen molar-refractivity contribution in [2.75, 3.05) is 6.61 Å². The number of carboxylic acid groups (broad SMARTS) is 1. The molecule has 3 rings (SSSR count). The van der Waals surface area contributed by atoms with E-state index >= 15 is 0 Å². The van der Waals surface area contributed by atoms with E-state index in [4.69, 9.17) is 26.0 Å². The summed E-state index contributed by atoms with van der Waals surface area (Å²) in [4.78, 5) is 15.0. The number of aliphatic carboxylic acids is 1. The van der Waals surface area contributed by atoms with Crippen LogP contribution in [0.2, 0.25) is 5.02 Å². The maximum absolute atomic E-state index is 10.7. The molecule has 0 amide bonds. The van der Waals surface area contributed by atoms with Crippen molar-refractivity contribution in [3.8, 4) is 28.6 Å². The molecule has 23 heavy (non-hydrogen) atoms. The molecule has 0 unspecified atom stereocenters. The fourth-order valence-corrected chi connectivity index (χ4v) is 2.09. The third-order valence-electron chi connectivity index (χ3n) is 3.00. The molecule has 0 saturated carbocycles. The molecule has 0 aliphatic rings. The van der Waals surface area contributed by atoms with Crippen LogP contribution in [0.15, 0.2) is 53.1 Å². The summed E-state index contributed by atoms with van der Waals surface area (Å²) in [5, 5.41) is 13.3. The normalized spacial score (nSPS) is 10.5. The van der Waals surface area contributed by atoms with E-state index in [1.54, 1.807) is 48.5 Å². The van der Waals surface area contributed by atoms with Crippen LogP contribution in [0, 0.1) is 0 Å². The summed E-state index contributed by atoms with van der Waals surface area (Å²) < 4.78 is 10.5. The lowest BCUT2D eigenvalue weighted by molar-refractivity contribution is -0.139. The van der Waals surface area contributed by atoms with Crippen LogP contribution in [0.1, 0.15) is 0 Å². The van der Waals surface area contributed by atoms with Crippen molar-refractivity contribution < 1.29 is 19.2 Å². The van der Waals surface area contributed by atoms with E-state index in [0.29, 0.717) is 28.1 Å². The van der Waals surface area contributed by atoms with Crippen LogP contribution in [0.3, 0.4) is 0 Å². The molecule has 1 heterocycles. The minimum Gasteiger partial charge on any atom is -0.481 e. The van der Waals surface area contributed by atoms with Crippen LogP contribution in [0.25, 0.3) is 22.8 Å². The second-order valence-corrected chi connectivity index (χ2v) is 5.05. The van der Waals surface area contributed by atoms with Crippen LogP contribution in [-0.2, 0) is 4.79 Å². The first-order valence-electron chi connectivity index (χ1n) is 6.67. The lowest BCUT2D eigenvalue weighted by Gasteiger charge is -2.06. The zero-order valence-corrected chi connectivity index (χ0v) is 12.5. The minimum absolute atomic E-state index is 0.316. The zero-order chi connectivity index (χ0) is 16.2. The van der Waals surface area contributed by atoms with Gasteiger partial charge in [-0.2, -0.15) is 4.98 Å². The van der Waals surface area contributed by atoms with Gasteiger partial charge in [0.1, 0.15) is 5.75 Å². The van der Waals surface area contributed by atoms with Crippen LogP contribution in [0.5, 0.6) is 5.75 Å². The lowest BCUT2D eigenvalue weighted by Crippen LogP contribution is -2.10. The molecule has 0 fully saturated rings. The van der Waals surface area contributed by atoms with Gasteiger partial charge in [0.25, 0.3) is 5.89 Å². The number of hydrogen-bond donors (Lipinski definition) is 1. The first-order chi connectivity index (χ1) is 11.1. The molecule has 0 radical (unpaired) electrons. The van der Waals surface area contributed by atoms with Crippen LogP contribution >= 0.6 is 11.6 Å². The average Bonchev–Trinajstić information content (AvgIpc) is 3.03. The van der Waals surface area contributed by atoms with Crippen molar-refractivity contribution in [1.82, 2.24) is 10.1 Å².